The van der Waals surface area contributed by atoms with E-state index in [9.17, 15) is 9.59 Å². The zero-order valence-corrected chi connectivity index (χ0v) is 25.4. The van der Waals surface area contributed by atoms with Gasteiger partial charge in [0.05, 0.1) is 12.2 Å². The number of nitrogens with zero attached hydrogens (tertiary/aromatic N) is 3. The van der Waals surface area contributed by atoms with Gasteiger partial charge in [-0.1, -0.05) is 30.3 Å². The molecular formula is C35H28FeN4O3S. The first-order valence-electron chi connectivity index (χ1n) is 13.6. The minimum atomic E-state index is -0.930. The molecule has 4 aromatic carbocycles. The molecule has 2 amide bonds. The average molecular weight is 641 g/mol. The number of benzene rings is 2. The van der Waals surface area contributed by atoms with Gasteiger partial charge in [-0.2, -0.15) is 42.0 Å². The maximum absolute atomic E-state index is 13.9. The quantitative estimate of drug-likeness (QED) is 0.109. The van der Waals surface area contributed by atoms with Gasteiger partial charge < -0.3 is 14.6 Å². The molecule has 1 atom stereocenters. The second kappa shape index (κ2) is 16.0. The number of carbonyl (C=O) groups is 2. The molecule has 6 rings (SSSR count). The monoisotopic (exact) mass is 640 g/mol. The molecule has 9 heteroatoms. The molecule has 2 aromatic heterocycles. The Bertz CT molecular complexity index is 1720. The third-order valence-electron chi connectivity index (χ3n) is 6.55. The van der Waals surface area contributed by atoms with Crippen LogP contribution in [-0.2, 0) is 28.3 Å². The molecule has 0 saturated heterocycles. The Morgan fingerprint density at radius 2 is 1.77 bits per heavy atom. The van der Waals surface area contributed by atoms with Crippen LogP contribution in [-0.4, -0.2) is 28.3 Å². The van der Waals surface area contributed by atoms with Crippen LogP contribution >= 0.6 is 11.3 Å². The van der Waals surface area contributed by atoms with Gasteiger partial charge in [-0.15, -0.1) is 17.8 Å². The predicted molar refractivity (Wildman–Crippen MR) is 169 cm³/mol. The van der Waals surface area contributed by atoms with Gasteiger partial charge in [0.1, 0.15) is 5.69 Å². The summed E-state index contributed by atoms with van der Waals surface area (Å²) in [6.07, 6.45) is 9.13. The molecule has 0 aliphatic rings. The number of aromatic nitrogens is 2. The fraction of sp³-hybridized carbons (Fsp3) is 0.0857. The number of nitrogens with one attached hydrogen (secondary N) is 1. The number of hydrogen-bond donors (Lipinski definition) is 1. The Labute approximate surface area is 270 Å². The van der Waals surface area contributed by atoms with Crippen LogP contribution in [0.2, 0.25) is 0 Å². The summed E-state index contributed by atoms with van der Waals surface area (Å²) in [5.41, 5.74) is 3.29. The fourth-order valence-electron chi connectivity index (χ4n) is 4.47. The van der Waals surface area contributed by atoms with Crippen LogP contribution in [0.4, 0.5) is 5.69 Å². The molecule has 44 heavy (non-hydrogen) atoms. The summed E-state index contributed by atoms with van der Waals surface area (Å²) in [6, 6.07) is 33.5. The second-order valence-corrected chi connectivity index (χ2v) is 10.2. The smallest absolute Gasteiger partial charge is 0.444 e. The molecular weight excluding hydrogens is 612 g/mol. The van der Waals surface area contributed by atoms with Crippen molar-refractivity contribution in [1.29, 1.82) is 0 Å². The number of anilines is 1. The minimum absolute atomic E-state index is 0. The van der Waals surface area contributed by atoms with Gasteiger partial charge in [-0.25, -0.2) is 28.2 Å². The summed E-state index contributed by atoms with van der Waals surface area (Å²) >= 11 is 1.21. The van der Waals surface area contributed by atoms with Gasteiger partial charge >= 0.3 is 17.1 Å². The summed E-state index contributed by atoms with van der Waals surface area (Å²) in [7, 11) is 0. The maximum Gasteiger partial charge on any atom is 2.00 e. The van der Waals surface area contributed by atoms with E-state index in [1.807, 2.05) is 97.1 Å². The standard InChI is InChI=1S/C30H23N4O3S.C5H5.Fe/c1-2-27-33-25(19-38-27)30(36)34(24-14-12-22(13-15-24)26-18-31-20-37-26)28(23-10-6-7-11-23)29(35)32-17-16-21-8-4-3-5-9-21;1-2-4-5-3-1;/h1,3-15,18-20,28H,16-17H2,(H,32,35);1-5H;/q2*-1;+2. The van der Waals surface area contributed by atoms with Crippen LogP contribution in [0.5, 0.6) is 0 Å². The van der Waals surface area contributed by atoms with Crippen molar-refractivity contribution in [3.8, 4) is 23.7 Å². The first-order valence-corrected chi connectivity index (χ1v) is 14.5. The van der Waals surface area contributed by atoms with Gasteiger partial charge in [0, 0.05) is 23.2 Å². The number of amides is 2. The van der Waals surface area contributed by atoms with E-state index < -0.39 is 11.9 Å². The van der Waals surface area contributed by atoms with Crippen LogP contribution in [0.25, 0.3) is 11.3 Å². The van der Waals surface area contributed by atoms with Crippen molar-refractivity contribution in [2.75, 3.05) is 11.4 Å². The molecule has 0 fully saturated rings. The van der Waals surface area contributed by atoms with E-state index in [1.165, 1.54) is 22.6 Å². The van der Waals surface area contributed by atoms with Crippen molar-refractivity contribution >= 4 is 28.8 Å². The van der Waals surface area contributed by atoms with Crippen LogP contribution in [0.3, 0.4) is 0 Å². The zero-order valence-electron chi connectivity index (χ0n) is 23.5. The van der Waals surface area contributed by atoms with Gasteiger partial charge in [0.2, 0.25) is 5.91 Å². The summed E-state index contributed by atoms with van der Waals surface area (Å²) in [6.45, 7) is 0.421. The number of oxazole rings is 1. The van der Waals surface area contributed by atoms with Gasteiger partial charge in [-0.3, -0.25) is 9.59 Å². The summed E-state index contributed by atoms with van der Waals surface area (Å²) in [5, 5.41) is 5.03. The van der Waals surface area contributed by atoms with Crippen molar-refractivity contribution in [3.05, 3.63) is 149 Å². The first-order chi connectivity index (χ1) is 21.1. The molecule has 0 aliphatic heterocycles. The van der Waals surface area contributed by atoms with E-state index in [1.54, 1.807) is 23.7 Å². The average Bonchev–Trinajstić information content (AvgIpc) is 3.89. The predicted octanol–water partition coefficient (Wildman–Crippen LogP) is 6.65. The van der Waals surface area contributed by atoms with E-state index in [0.717, 1.165) is 11.1 Å². The molecule has 0 bridgehead atoms. The Morgan fingerprint density at radius 1 is 1.00 bits per heavy atom. The second-order valence-electron chi connectivity index (χ2n) is 9.38. The van der Waals surface area contributed by atoms with Crippen molar-refractivity contribution in [2.24, 2.45) is 0 Å². The molecule has 1 unspecified atom stereocenters. The normalized spacial score (nSPS) is 10.8. The van der Waals surface area contributed by atoms with E-state index >= 15 is 0 Å². The van der Waals surface area contributed by atoms with Crippen molar-refractivity contribution in [1.82, 2.24) is 15.3 Å². The van der Waals surface area contributed by atoms with E-state index in [4.69, 9.17) is 10.8 Å². The van der Waals surface area contributed by atoms with E-state index in [0.29, 0.717) is 35.0 Å². The molecule has 0 radical (unpaired) electrons. The van der Waals surface area contributed by atoms with Crippen LogP contribution < -0.4 is 10.2 Å². The third-order valence-corrected chi connectivity index (χ3v) is 7.32. The summed E-state index contributed by atoms with van der Waals surface area (Å²) < 4.78 is 5.39. The molecule has 0 spiro atoms. The Hall–Kier alpha value is -5.00. The topological polar surface area (TPSA) is 88.3 Å². The third kappa shape index (κ3) is 8.09. The molecule has 0 saturated carbocycles. The van der Waals surface area contributed by atoms with E-state index in [-0.39, 0.29) is 28.7 Å². The van der Waals surface area contributed by atoms with Crippen molar-refractivity contribution in [2.45, 2.75) is 12.5 Å². The van der Waals surface area contributed by atoms with E-state index in [2.05, 4.69) is 21.2 Å². The van der Waals surface area contributed by atoms with Gasteiger partial charge in [-0.05, 0) is 42.2 Å². The van der Waals surface area contributed by atoms with Crippen LogP contribution in [0.15, 0.2) is 132 Å². The fourth-order valence-corrected chi connectivity index (χ4v) is 5.07. The number of terminal acetylenes is 1. The molecule has 2 heterocycles. The number of hydrogen-bond acceptors (Lipinski definition) is 6. The number of rotatable bonds is 9. The van der Waals surface area contributed by atoms with Crippen molar-refractivity contribution < 1.29 is 31.1 Å². The molecule has 220 valence electrons. The molecule has 1 N–H and O–H groups in total. The molecule has 0 aliphatic carbocycles. The summed E-state index contributed by atoms with van der Waals surface area (Å²) in [5.74, 6) is 2.33. The Morgan fingerprint density at radius 3 is 2.36 bits per heavy atom. The maximum atomic E-state index is 13.9. The Balaban J connectivity index is 0.000000670. The van der Waals surface area contributed by atoms with Crippen LogP contribution in [0, 0.1) is 12.3 Å². The summed E-state index contributed by atoms with van der Waals surface area (Å²) in [4.78, 5) is 37.4. The number of thiazole rings is 1. The zero-order chi connectivity index (χ0) is 29.9. The minimum Gasteiger partial charge on any atom is -0.444 e. The van der Waals surface area contributed by atoms with Crippen molar-refractivity contribution in [3.63, 3.8) is 0 Å². The van der Waals surface area contributed by atoms with Gasteiger partial charge in [0.25, 0.3) is 5.91 Å². The van der Waals surface area contributed by atoms with Gasteiger partial charge in [0.15, 0.2) is 17.2 Å². The van der Waals surface area contributed by atoms with Crippen LogP contribution in [0.1, 0.15) is 32.7 Å². The SMILES string of the molecule is C#Cc1nc(C(=O)N(c2ccc(-c3cnco3)cc2)C(C(=O)NCCc2ccccc2)c2cc[cH-]c2)cs1.[Fe+2].c1cc[cH-]c1. The molecule has 7 nitrogen and oxygen atoms in total. The largest absolute Gasteiger partial charge is 2.00 e. The number of carbonyl (C=O) groups excluding carboxylic acids is 2. The Kier molecular flexibility index (Phi) is 11.6. The first kappa shape index (κ1) is 31.9. The molecule has 6 aromatic rings.